The van der Waals surface area contributed by atoms with Gasteiger partial charge in [0.25, 0.3) is 10.2 Å². The Kier molecular flexibility index (Phi) is 3.66. The minimum absolute atomic E-state index is 0.294. The van der Waals surface area contributed by atoms with E-state index >= 15 is 0 Å². The summed E-state index contributed by atoms with van der Waals surface area (Å²) in [5, 5.41) is 2.07. The summed E-state index contributed by atoms with van der Waals surface area (Å²) >= 11 is 0. The van der Waals surface area contributed by atoms with E-state index in [2.05, 4.69) is 10.0 Å². The summed E-state index contributed by atoms with van der Waals surface area (Å²) in [4.78, 5) is 22.4. The zero-order valence-corrected chi connectivity index (χ0v) is 10.2. The lowest BCUT2D eigenvalue weighted by Crippen LogP contribution is -2.61. The van der Waals surface area contributed by atoms with Crippen LogP contribution in [0.5, 0.6) is 0 Å². The largest absolute Gasteiger partial charge is 0.294 e. The molecule has 2 N–H and O–H groups in total. The number of carbonyl (C=O) groups is 2. The molecule has 16 heavy (non-hydrogen) atoms. The molecule has 0 aromatic rings. The second-order valence-corrected chi connectivity index (χ2v) is 5.57. The van der Waals surface area contributed by atoms with Crippen LogP contribution in [-0.2, 0) is 19.8 Å². The first-order valence-electron chi connectivity index (χ1n) is 4.87. The number of rotatable bonds is 3. The smallest absolute Gasteiger partial charge is 0.280 e. The monoisotopic (exact) mass is 249 g/mol. The van der Waals surface area contributed by atoms with Crippen LogP contribution in [0.15, 0.2) is 0 Å². The molecule has 0 radical (unpaired) electrons. The van der Waals surface area contributed by atoms with Crippen LogP contribution in [0.4, 0.5) is 0 Å². The molecule has 1 rings (SSSR count). The Balaban J connectivity index is 2.93. The summed E-state index contributed by atoms with van der Waals surface area (Å²) in [5.74, 6) is -1.22. The van der Waals surface area contributed by atoms with Crippen LogP contribution in [-0.4, -0.2) is 43.2 Å². The van der Waals surface area contributed by atoms with Gasteiger partial charge < -0.3 is 0 Å². The van der Waals surface area contributed by atoms with Crippen molar-refractivity contribution in [2.24, 2.45) is 0 Å². The molecule has 1 heterocycles. The maximum absolute atomic E-state index is 11.8. The Labute approximate surface area is 94.4 Å². The minimum atomic E-state index is -3.80. The highest BCUT2D eigenvalue weighted by Gasteiger charge is 2.38. The molecular weight excluding hydrogens is 234 g/mol. The fourth-order valence-corrected chi connectivity index (χ4v) is 2.88. The summed E-state index contributed by atoms with van der Waals surface area (Å²) < 4.78 is 26.7. The summed E-state index contributed by atoms with van der Waals surface area (Å²) in [6.07, 6.45) is 0. The Morgan fingerprint density at radius 1 is 1.44 bits per heavy atom. The van der Waals surface area contributed by atoms with Crippen molar-refractivity contribution in [1.29, 1.82) is 0 Å². The summed E-state index contributed by atoms with van der Waals surface area (Å²) in [7, 11) is -3.80. The standard InChI is InChI=1S/C8H15N3O4S/c1-5(2)10-16(14,15)11-4-7(12)9-8(13)6(11)3/h5-6,10H,4H2,1-3H3,(H,9,12,13). The van der Waals surface area contributed by atoms with Crippen LogP contribution in [0.25, 0.3) is 0 Å². The molecule has 1 saturated heterocycles. The molecule has 0 spiro atoms. The second-order valence-electron chi connectivity index (χ2n) is 3.91. The van der Waals surface area contributed by atoms with Gasteiger partial charge in [-0.2, -0.15) is 17.4 Å². The number of hydrogen-bond donors (Lipinski definition) is 2. The summed E-state index contributed by atoms with van der Waals surface area (Å²) in [6.45, 7) is 4.42. The SMILES string of the molecule is CC(C)NS(=O)(=O)N1CC(=O)NC(=O)C1C. The number of imide groups is 1. The lowest BCUT2D eigenvalue weighted by Gasteiger charge is -2.31. The zero-order chi connectivity index (χ0) is 12.5. The third kappa shape index (κ3) is 2.77. The molecular formula is C8H15N3O4S. The van der Waals surface area contributed by atoms with Crippen LogP contribution in [0.2, 0.25) is 0 Å². The molecule has 1 aliphatic rings. The fourth-order valence-electron chi connectivity index (χ4n) is 1.35. The van der Waals surface area contributed by atoms with E-state index in [-0.39, 0.29) is 12.6 Å². The first-order valence-corrected chi connectivity index (χ1v) is 6.31. The molecule has 0 saturated carbocycles. The van der Waals surface area contributed by atoms with Crippen molar-refractivity contribution >= 4 is 22.0 Å². The molecule has 1 unspecified atom stereocenters. The average molecular weight is 249 g/mol. The van der Waals surface area contributed by atoms with E-state index in [1.54, 1.807) is 13.8 Å². The van der Waals surface area contributed by atoms with Gasteiger partial charge in [-0.1, -0.05) is 0 Å². The molecule has 8 heteroatoms. The first-order chi connectivity index (χ1) is 7.24. The van der Waals surface area contributed by atoms with Gasteiger partial charge in [0.05, 0.1) is 6.54 Å². The first kappa shape index (κ1) is 13.1. The van der Waals surface area contributed by atoms with Gasteiger partial charge in [-0.25, -0.2) is 0 Å². The van der Waals surface area contributed by atoms with Crippen LogP contribution in [0, 0.1) is 0 Å². The van der Waals surface area contributed by atoms with Crippen molar-refractivity contribution in [2.75, 3.05) is 6.54 Å². The van der Waals surface area contributed by atoms with Crippen molar-refractivity contribution in [1.82, 2.24) is 14.3 Å². The van der Waals surface area contributed by atoms with E-state index in [0.717, 1.165) is 4.31 Å². The maximum atomic E-state index is 11.8. The third-order valence-electron chi connectivity index (χ3n) is 2.07. The molecule has 7 nitrogen and oxygen atoms in total. The van der Waals surface area contributed by atoms with Crippen molar-refractivity contribution in [3.63, 3.8) is 0 Å². The highest BCUT2D eigenvalue weighted by molar-refractivity contribution is 7.87. The van der Waals surface area contributed by atoms with Crippen LogP contribution >= 0.6 is 0 Å². The van der Waals surface area contributed by atoms with Gasteiger partial charge in [0.2, 0.25) is 11.8 Å². The second kappa shape index (κ2) is 4.48. The van der Waals surface area contributed by atoms with Crippen molar-refractivity contribution in [3.05, 3.63) is 0 Å². The van der Waals surface area contributed by atoms with Gasteiger partial charge in [0, 0.05) is 6.04 Å². The average Bonchev–Trinajstić information content (AvgIpc) is 2.08. The van der Waals surface area contributed by atoms with Gasteiger partial charge >= 0.3 is 0 Å². The highest BCUT2D eigenvalue weighted by Crippen LogP contribution is 2.09. The van der Waals surface area contributed by atoms with Gasteiger partial charge in [-0.05, 0) is 20.8 Å². The number of amides is 2. The predicted octanol–water partition coefficient (Wildman–Crippen LogP) is -1.42. The molecule has 0 aliphatic carbocycles. The Morgan fingerprint density at radius 2 is 2.00 bits per heavy atom. The molecule has 1 atom stereocenters. The normalized spacial score (nSPS) is 23.6. The number of piperazine rings is 1. The lowest BCUT2D eigenvalue weighted by molar-refractivity contribution is -0.136. The molecule has 0 bridgehead atoms. The number of nitrogens with zero attached hydrogens (tertiary/aromatic N) is 1. The van der Waals surface area contributed by atoms with Crippen molar-refractivity contribution < 1.29 is 18.0 Å². The maximum Gasteiger partial charge on any atom is 0.280 e. The summed E-state index contributed by atoms with van der Waals surface area (Å²) in [5.41, 5.74) is 0. The predicted molar refractivity (Wildman–Crippen MR) is 56.5 cm³/mol. The fraction of sp³-hybridized carbons (Fsp3) is 0.750. The van der Waals surface area contributed by atoms with Gasteiger partial charge in [0.15, 0.2) is 0 Å². The molecule has 0 aromatic heterocycles. The van der Waals surface area contributed by atoms with E-state index in [1.807, 2.05) is 0 Å². The van der Waals surface area contributed by atoms with Gasteiger partial charge in [-0.3, -0.25) is 14.9 Å². The van der Waals surface area contributed by atoms with Gasteiger partial charge in [0.1, 0.15) is 6.04 Å². The van der Waals surface area contributed by atoms with Crippen LogP contribution in [0.1, 0.15) is 20.8 Å². The molecule has 92 valence electrons. The third-order valence-corrected chi connectivity index (χ3v) is 3.90. The quantitative estimate of drug-likeness (QED) is 0.600. The molecule has 1 aliphatic heterocycles. The summed E-state index contributed by atoms with van der Waals surface area (Å²) in [6, 6.07) is -1.17. The number of hydrogen-bond acceptors (Lipinski definition) is 4. The van der Waals surface area contributed by atoms with Gasteiger partial charge in [-0.15, -0.1) is 0 Å². The van der Waals surface area contributed by atoms with E-state index in [1.165, 1.54) is 6.92 Å². The highest BCUT2D eigenvalue weighted by atomic mass is 32.2. The Morgan fingerprint density at radius 3 is 2.50 bits per heavy atom. The number of carbonyl (C=O) groups excluding carboxylic acids is 2. The molecule has 1 fully saturated rings. The lowest BCUT2D eigenvalue weighted by atomic mass is 10.2. The van der Waals surface area contributed by atoms with Crippen molar-refractivity contribution in [3.8, 4) is 0 Å². The van der Waals surface area contributed by atoms with E-state index in [4.69, 9.17) is 0 Å². The number of nitrogens with one attached hydrogen (secondary N) is 2. The minimum Gasteiger partial charge on any atom is -0.294 e. The Bertz CT molecular complexity index is 404. The topological polar surface area (TPSA) is 95.6 Å². The van der Waals surface area contributed by atoms with E-state index in [9.17, 15) is 18.0 Å². The van der Waals surface area contributed by atoms with E-state index < -0.39 is 28.1 Å². The molecule has 2 amide bonds. The molecule has 0 aromatic carbocycles. The van der Waals surface area contributed by atoms with Crippen LogP contribution < -0.4 is 10.0 Å². The van der Waals surface area contributed by atoms with Crippen LogP contribution in [0.3, 0.4) is 0 Å². The zero-order valence-electron chi connectivity index (χ0n) is 9.35. The Hall–Kier alpha value is -0.990. The van der Waals surface area contributed by atoms with Crippen molar-refractivity contribution in [2.45, 2.75) is 32.9 Å². The van der Waals surface area contributed by atoms with E-state index in [0.29, 0.717) is 0 Å².